The van der Waals surface area contributed by atoms with E-state index in [4.69, 9.17) is 37.9 Å². The second-order valence-corrected chi connectivity index (χ2v) is 14.7. The maximum absolute atomic E-state index is 12.4. The summed E-state index contributed by atoms with van der Waals surface area (Å²) < 4.78 is 179. The Kier molecular flexibility index (Phi) is 19.9. The first-order chi connectivity index (χ1) is 29.0. The number of alkyl halides is 6. The zero-order chi connectivity index (χ0) is 45.6. The van der Waals surface area contributed by atoms with Gasteiger partial charge in [0.05, 0.1) is 64.0 Å². The molecule has 0 bridgehead atoms. The van der Waals surface area contributed by atoms with Crippen molar-refractivity contribution in [3.63, 3.8) is 0 Å². The van der Waals surface area contributed by atoms with Gasteiger partial charge in [0.1, 0.15) is 39.5 Å². The van der Waals surface area contributed by atoms with Crippen molar-refractivity contribution < 1.29 is 94.7 Å². The SMILES string of the molecule is FC(F)(F)c1ccc(C[NH2+]Cc2ccc(C(F)(F)F)cc2)cc1.F[P-](F)(F)(F)(F)F.c1ccc2c(c1)OCCOCCOCCOc1ccccc1OCCOCCOCCO2. The molecule has 62 heavy (non-hydrogen) atoms. The molecule has 1 heterocycles. The monoisotopic (exact) mass is 927 g/mol. The van der Waals surface area contributed by atoms with Crippen molar-refractivity contribution in [1.82, 2.24) is 0 Å². The Hall–Kier alpha value is -4.53. The number of fused-ring (bicyclic) bond motifs is 2. The fraction of sp³-hybridized carbons (Fsp3) is 0.400. The van der Waals surface area contributed by atoms with E-state index >= 15 is 0 Å². The Morgan fingerprint density at radius 3 is 0.823 bits per heavy atom. The molecule has 0 fully saturated rings. The fourth-order valence-corrected chi connectivity index (χ4v) is 4.93. The summed E-state index contributed by atoms with van der Waals surface area (Å²) in [6.45, 7) is 6.37. The van der Waals surface area contributed by atoms with Crippen molar-refractivity contribution in [2.24, 2.45) is 0 Å². The standard InChI is InChI=1S/C24H32O8.C16H13F6N.F6P/c1-2-6-22-21(5-1)29-17-13-25-9-10-27-15-19-31-23-7-3-4-8-24(23)32-20-16-28-12-11-26-14-18-30-22;17-15(18,19)13-5-1-11(2-6-13)9-23-10-12-3-7-14(8-4-12)16(20,21)22;1-7(2,3,4,5)6/h1-8H,9-20H2;1-8,23H,9-10H2;/q;;-1/p+1. The minimum absolute atomic E-state index is 0.425. The molecular weight excluding hydrogens is 881 g/mol. The summed E-state index contributed by atoms with van der Waals surface area (Å²) in [5, 5.41) is 1.81. The third-order valence-electron chi connectivity index (χ3n) is 7.71. The van der Waals surface area contributed by atoms with Crippen molar-refractivity contribution in [2.45, 2.75) is 25.4 Å². The molecule has 1 aliphatic rings. The van der Waals surface area contributed by atoms with Gasteiger partial charge in [-0.15, -0.1) is 0 Å². The molecule has 9 nitrogen and oxygen atoms in total. The molecule has 0 atom stereocenters. The van der Waals surface area contributed by atoms with Crippen LogP contribution in [0.5, 0.6) is 23.0 Å². The molecule has 2 N–H and O–H groups in total. The van der Waals surface area contributed by atoms with Gasteiger partial charge in [-0.25, -0.2) is 0 Å². The molecule has 348 valence electrons. The van der Waals surface area contributed by atoms with Gasteiger partial charge in [0, 0.05) is 11.1 Å². The molecule has 4 aromatic rings. The van der Waals surface area contributed by atoms with Crippen molar-refractivity contribution in [2.75, 3.05) is 79.3 Å². The molecule has 0 aliphatic carbocycles. The number of rotatable bonds is 4. The molecule has 22 heteroatoms. The maximum atomic E-state index is 12.4. The van der Waals surface area contributed by atoms with Gasteiger partial charge in [0.2, 0.25) is 0 Å². The zero-order valence-electron chi connectivity index (χ0n) is 33.0. The molecule has 0 saturated heterocycles. The predicted octanol–water partition coefficient (Wildman–Crippen LogP) is 10.4. The average Bonchev–Trinajstić information content (AvgIpc) is 3.18. The predicted molar refractivity (Wildman–Crippen MR) is 204 cm³/mol. The van der Waals surface area contributed by atoms with Crippen LogP contribution in [0.3, 0.4) is 0 Å². The van der Waals surface area contributed by atoms with E-state index in [1.807, 2.05) is 53.8 Å². The number of halogens is 12. The fourth-order valence-electron chi connectivity index (χ4n) is 4.93. The number of benzene rings is 4. The topological polar surface area (TPSA) is 90.5 Å². The van der Waals surface area contributed by atoms with Crippen LogP contribution in [-0.2, 0) is 44.4 Å². The zero-order valence-corrected chi connectivity index (χ0v) is 33.9. The van der Waals surface area contributed by atoms with Crippen molar-refractivity contribution in [3.05, 3.63) is 119 Å². The van der Waals surface area contributed by atoms with E-state index in [9.17, 15) is 51.5 Å². The van der Waals surface area contributed by atoms with E-state index in [2.05, 4.69) is 0 Å². The Labute approximate surface area is 349 Å². The van der Waals surface area contributed by atoms with Crippen molar-refractivity contribution in [3.8, 4) is 23.0 Å². The van der Waals surface area contributed by atoms with Gasteiger partial charge >= 0.3 is 45.3 Å². The van der Waals surface area contributed by atoms with Gasteiger partial charge in [-0.1, -0.05) is 48.5 Å². The number of hydrogen-bond acceptors (Lipinski definition) is 8. The Morgan fingerprint density at radius 1 is 0.371 bits per heavy atom. The smallest absolute Gasteiger partial charge is 0.161 e. The number of para-hydroxylation sites is 4. The summed E-state index contributed by atoms with van der Waals surface area (Å²) in [4.78, 5) is 0. The summed E-state index contributed by atoms with van der Waals surface area (Å²) in [7, 11) is -10.7. The van der Waals surface area contributed by atoms with E-state index in [0.29, 0.717) is 126 Å². The van der Waals surface area contributed by atoms with Gasteiger partial charge in [0.15, 0.2) is 23.0 Å². The van der Waals surface area contributed by atoms with Crippen LogP contribution in [0, 0.1) is 0 Å². The van der Waals surface area contributed by atoms with Gasteiger partial charge < -0.3 is 43.2 Å². The van der Waals surface area contributed by atoms with E-state index in [-0.39, 0.29) is 0 Å². The van der Waals surface area contributed by atoms with E-state index in [1.54, 1.807) is 0 Å². The third kappa shape index (κ3) is 24.8. The first-order valence-electron chi connectivity index (χ1n) is 18.7. The Bertz CT molecular complexity index is 1670. The normalized spacial score (nSPS) is 16.6. The van der Waals surface area contributed by atoms with Crippen LogP contribution < -0.4 is 24.3 Å². The van der Waals surface area contributed by atoms with Crippen LogP contribution >= 0.6 is 7.81 Å². The average molecular weight is 928 g/mol. The summed E-state index contributed by atoms with van der Waals surface area (Å²) in [6, 6.07) is 24.8. The molecule has 1 aliphatic heterocycles. The second-order valence-electron chi connectivity index (χ2n) is 12.8. The molecule has 0 spiro atoms. The molecule has 5 rings (SSSR count). The largest absolute Gasteiger partial charge is 0.487 e. The van der Waals surface area contributed by atoms with Crippen LogP contribution in [-0.4, -0.2) is 79.3 Å². The van der Waals surface area contributed by atoms with Crippen LogP contribution in [0.4, 0.5) is 51.5 Å². The van der Waals surface area contributed by atoms with Crippen molar-refractivity contribution in [1.29, 1.82) is 0 Å². The van der Waals surface area contributed by atoms with Crippen LogP contribution in [0.25, 0.3) is 0 Å². The van der Waals surface area contributed by atoms with E-state index in [1.165, 1.54) is 24.3 Å². The molecule has 0 amide bonds. The first kappa shape index (κ1) is 51.8. The molecule has 0 unspecified atom stereocenters. The maximum Gasteiger partial charge on any atom is 0.161 e. The second kappa shape index (κ2) is 23.8. The summed E-state index contributed by atoms with van der Waals surface area (Å²) in [5.74, 6) is 2.73. The minimum Gasteiger partial charge on any atom is -0.487 e. The molecule has 0 radical (unpaired) electrons. The molecular formula is C40H46F12NO8P. The third-order valence-corrected chi connectivity index (χ3v) is 7.71. The number of quaternary nitrogens is 1. The van der Waals surface area contributed by atoms with Crippen LogP contribution in [0.1, 0.15) is 22.3 Å². The number of ether oxygens (including phenoxy) is 8. The van der Waals surface area contributed by atoms with Crippen molar-refractivity contribution >= 4 is 7.81 Å². The molecule has 4 aromatic carbocycles. The Balaban J connectivity index is 0.000000297. The van der Waals surface area contributed by atoms with Gasteiger partial charge in [0.25, 0.3) is 0 Å². The van der Waals surface area contributed by atoms with Crippen LogP contribution in [0.15, 0.2) is 97.1 Å². The summed E-state index contributed by atoms with van der Waals surface area (Å²) in [6.07, 6.45) is -8.72. The molecule has 0 saturated carbocycles. The number of nitrogens with two attached hydrogens (primary N) is 1. The first-order valence-corrected chi connectivity index (χ1v) is 20.8. The van der Waals surface area contributed by atoms with Crippen LogP contribution in [0.2, 0.25) is 0 Å². The summed E-state index contributed by atoms with van der Waals surface area (Å²) in [5.41, 5.74) is 0.0165. The minimum atomic E-state index is -10.7. The Morgan fingerprint density at radius 2 is 0.597 bits per heavy atom. The summed E-state index contributed by atoms with van der Waals surface area (Å²) >= 11 is 0. The van der Waals surface area contributed by atoms with Gasteiger partial charge in [-0.3, -0.25) is 0 Å². The van der Waals surface area contributed by atoms with Gasteiger partial charge in [-0.2, -0.15) is 26.3 Å². The quantitative estimate of drug-likeness (QED) is 0.160. The number of hydrogen-bond donors (Lipinski definition) is 1. The van der Waals surface area contributed by atoms with E-state index < -0.39 is 31.3 Å². The van der Waals surface area contributed by atoms with Gasteiger partial charge in [-0.05, 0) is 48.5 Å². The van der Waals surface area contributed by atoms with E-state index in [0.717, 1.165) is 24.3 Å². The molecule has 0 aromatic heterocycles.